The number of aromatic nitrogens is 5. The van der Waals surface area contributed by atoms with E-state index in [1.807, 2.05) is 41.9 Å². The number of rotatable bonds is 9. The smallest absolute Gasteiger partial charge is 0.252 e. The van der Waals surface area contributed by atoms with Crippen LogP contribution in [0.5, 0.6) is 0 Å². The van der Waals surface area contributed by atoms with Gasteiger partial charge in [-0.15, -0.1) is 5.10 Å². The molecule has 5 rings (SSSR count). The Morgan fingerprint density at radius 1 is 1.14 bits per heavy atom. The molecule has 36 heavy (non-hydrogen) atoms. The van der Waals surface area contributed by atoms with Crippen LogP contribution in [0.25, 0.3) is 10.9 Å². The van der Waals surface area contributed by atoms with Gasteiger partial charge in [-0.25, -0.2) is 4.68 Å². The lowest BCUT2D eigenvalue weighted by atomic mass is 9.99. The first-order valence-corrected chi connectivity index (χ1v) is 12.8. The molecule has 1 aliphatic rings. The van der Waals surface area contributed by atoms with Crippen LogP contribution in [0.1, 0.15) is 55.2 Å². The number of ether oxygens (including phenoxy) is 1. The van der Waals surface area contributed by atoms with Gasteiger partial charge in [-0.3, -0.25) is 9.69 Å². The Morgan fingerprint density at radius 2 is 1.97 bits per heavy atom. The maximum absolute atomic E-state index is 13.2. The van der Waals surface area contributed by atoms with Gasteiger partial charge in [0.15, 0.2) is 5.82 Å². The minimum Gasteiger partial charge on any atom is -0.376 e. The lowest BCUT2D eigenvalue weighted by Crippen LogP contribution is -2.36. The van der Waals surface area contributed by atoms with E-state index in [9.17, 15) is 4.79 Å². The number of hydrogen-bond acceptors (Lipinski definition) is 6. The SMILES string of the molecule is Cc1ccc2cc(CN(Cc3ccccc3)[C@H](c3nnnn3C[C@H]3CCCO3)C(C)C)c(=O)[nH]c2c1. The predicted molar refractivity (Wildman–Crippen MR) is 139 cm³/mol. The summed E-state index contributed by atoms with van der Waals surface area (Å²) in [5.41, 5.74) is 3.82. The van der Waals surface area contributed by atoms with Crippen molar-refractivity contribution in [3.05, 3.63) is 87.5 Å². The van der Waals surface area contributed by atoms with Crippen LogP contribution in [0, 0.1) is 12.8 Å². The van der Waals surface area contributed by atoms with Gasteiger partial charge in [0.05, 0.1) is 18.7 Å². The molecule has 0 amide bonds. The summed E-state index contributed by atoms with van der Waals surface area (Å²) in [6.07, 6.45) is 2.22. The van der Waals surface area contributed by atoms with Crippen molar-refractivity contribution in [2.24, 2.45) is 5.92 Å². The van der Waals surface area contributed by atoms with Crippen LogP contribution < -0.4 is 5.56 Å². The van der Waals surface area contributed by atoms with Crippen LogP contribution >= 0.6 is 0 Å². The molecule has 4 aromatic rings. The highest BCUT2D eigenvalue weighted by atomic mass is 16.5. The summed E-state index contributed by atoms with van der Waals surface area (Å²) >= 11 is 0. The zero-order valence-corrected chi connectivity index (χ0v) is 21.2. The van der Waals surface area contributed by atoms with Crippen molar-refractivity contribution >= 4 is 10.9 Å². The third kappa shape index (κ3) is 5.39. The van der Waals surface area contributed by atoms with Gasteiger partial charge in [0.25, 0.3) is 5.56 Å². The molecule has 188 valence electrons. The fourth-order valence-electron chi connectivity index (χ4n) is 5.18. The standard InChI is InChI=1S/C28H34N6O2/c1-19(2)26(27-30-31-32-34(27)18-24-10-7-13-36-24)33(16-21-8-5-4-6-9-21)17-23-15-22-12-11-20(3)14-25(22)29-28(23)35/h4-6,8-9,11-12,14-15,19,24,26H,7,10,13,16-18H2,1-3H3,(H,29,35)/t24-,26+/m1/s1. The number of benzene rings is 2. The molecule has 3 heterocycles. The Bertz CT molecular complexity index is 1360. The van der Waals surface area contributed by atoms with Gasteiger partial charge >= 0.3 is 0 Å². The summed E-state index contributed by atoms with van der Waals surface area (Å²) in [6.45, 7) is 8.97. The summed E-state index contributed by atoms with van der Waals surface area (Å²) in [5.74, 6) is 1.02. The number of pyridine rings is 1. The van der Waals surface area contributed by atoms with E-state index < -0.39 is 0 Å². The summed E-state index contributed by atoms with van der Waals surface area (Å²) < 4.78 is 7.76. The Labute approximate surface area is 211 Å². The van der Waals surface area contributed by atoms with Crippen LogP contribution in [0.2, 0.25) is 0 Å². The van der Waals surface area contributed by atoms with Crippen molar-refractivity contribution in [3.8, 4) is 0 Å². The van der Waals surface area contributed by atoms with Crippen molar-refractivity contribution in [1.82, 2.24) is 30.1 Å². The van der Waals surface area contributed by atoms with Crippen molar-refractivity contribution in [3.63, 3.8) is 0 Å². The highest BCUT2D eigenvalue weighted by Gasteiger charge is 2.31. The molecule has 0 saturated carbocycles. The Kier molecular flexibility index (Phi) is 7.25. The summed E-state index contributed by atoms with van der Waals surface area (Å²) in [5, 5.41) is 13.9. The van der Waals surface area contributed by atoms with E-state index in [0.717, 1.165) is 47.3 Å². The van der Waals surface area contributed by atoms with Crippen LogP contribution in [0.4, 0.5) is 0 Å². The van der Waals surface area contributed by atoms with Gasteiger partial charge in [-0.05, 0) is 64.8 Å². The molecule has 2 aromatic carbocycles. The number of aryl methyl sites for hydroxylation is 1. The molecule has 0 aliphatic carbocycles. The zero-order valence-electron chi connectivity index (χ0n) is 21.2. The molecule has 2 aromatic heterocycles. The van der Waals surface area contributed by atoms with Gasteiger partial charge in [0, 0.05) is 30.8 Å². The molecule has 2 atom stereocenters. The second kappa shape index (κ2) is 10.7. The Balaban J connectivity index is 1.52. The van der Waals surface area contributed by atoms with Crippen LogP contribution in [0.3, 0.4) is 0 Å². The number of tetrazole rings is 1. The number of aromatic amines is 1. The normalized spacial score (nSPS) is 16.9. The molecule has 0 unspecified atom stereocenters. The van der Waals surface area contributed by atoms with Gasteiger partial charge in [0.2, 0.25) is 0 Å². The first kappa shape index (κ1) is 24.3. The largest absolute Gasteiger partial charge is 0.376 e. The fourth-order valence-corrected chi connectivity index (χ4v) is 5.18. The van der Waals surface area contributed by atoms with E-state index in [4.69, 9.17) is 4.74 Å². The first-order chi connectivity index (χ1) is 17.5. The van der Waals surface area contributed by atoms with Crippen molar-refractivity contribution in [1.29, 1.82) is 0 Å². The molecule has 1 fully saturated rings. The molecule has 1 saturated heterocycles. The molecule has 0 bridgehead atoms. The number of hydrogen-bond donors (Lipinski definition) is 1. The Morgan fingerprint density at radius 3 is 2.72 bits per heavy atom. The second-order valence-corrected chi connectivity index (χ2v) is 10.1. The van der Waals surface area contributed by atoms with Crippen molar-refractivity contribution < 1.29 is 4.74 Å². The number of nitrogens with zero attached hydrogens (tertiary/aromatic N) is 5. The van der Waals surface area contributed by atoms with Gasteiger partial charge in [-0.1, -0.05) is 56.3 Å². The molecular weight excluding hydrogens is 452 g/mol. The van der Waals surface area contributed by atoms with Gasteiger partial charge < -0.3 is 9.72 Å². The van der Waals surface area contributed by atoms with Crippen LogP contribution in [0.15, 0.2) is 59.4 Å². The summed E-state index contributed by atoms with van der Waals surface area (Å²) in [4.78, 5) is 18.6. The molecule has 0 radical (unpaired) electrons. The van der Waals surface area contributed by atoms with E-state index in [-0.39, 0.29) is 23.6 Å². The molecule has 8 nitrogen and oxygen atoms in total. The van der Waals surface area contributed by atoms with E-state index in [1.165, 1.54) is 5.56 Å². The Hall–Kier alpha value is -3.36. The van der Waals surface area contributed by atoms with E-state index in [2.05, 4.69) is 63.5 Å². The lowest BCUT2D eigenvalue weighted by molar-refractivity contribution is 0.0851. The first-order valence-electron chi connectivity index (χ1n) is 12.8. The highest BCUT2D eigenvalue weighted by Crippen LogP contribution is 2.31. The average Bonchev–Trinajstić information content (AvgIpc) is 3.53. The minimum atomic E-state index is -0.0882. The lowest BCUT2D eigenvalue weighted by Gasteiger charge is -2.33. The number of fused-ring (bicyclic) bond motifs is 1. The minimum absolute atomic E-state index is 0.0624. The monoisotopic (exact) mass is 486 g/mol. The third-order valence-electron chi connectivity index (χ3n) is 6.93. The van der Waals surface area contributed by atoms with Gasteiger partial charge in [0.1, 0.15) is 0 Å². The number of H-pyrrole nitrogens is 1. The summed E-state index contributed by atoms with van der Waals surface area (Å²) in [6, 6.07) is 18.4. The zero-order chi connectivity index (χ0) is 25.1. The average molecular weight is 487 g/mol. The molecule has 0 spiro atoms. The van der Waals surface area contributed by atoms with E-state index in [1.54, 1.807) is 0 Å². The third-order valence-corrected chi connectivity index (χ3v) is 6.93. The maximum atomic E-state index is 13.2. The second-order valence-electron chi connectivity index (χ2n) is 10.1. The molecule has 1 N–H and O–H groups in total. The quantitative estimate of drug-likeness (QED) is 0.377. The molecular formula is C28H34N6O2. The maximum Gasteiger partial charge on any atom is 0.252 e. The molecule has 1 aliphatic heterocycles. The van der Waals surface area contributed by atoms with Crippen LogP contribution in [-0.4, -0.2) is 42.8 Å². The van der Waals surface area contributed by atoms with Crippen molar-refractivity contribution in [2.45, 2.75) is 65.4 Å². The summed E-state index contributed by atoms with van der Waals surface area (Å²) in [7, 11) is 0. The predicted octanol–water partition coefficient (Wildman–Crippen LogP) is 4.40. The number of nitrogens with one attached hydrogen (secondary N) is 1. The van der Waals surface area contributed by atoms with Crippen molar-refractivity contribution in [2.75, 3.05) is 6.61 Å². The molecule has 8 heteroatoms. The van der Waals surface area contributed by atoms with Gasteiger partial charge in [-0.2, -0.15) is 0 Å². The van der Waals surface area contributed by atoms with E-state index in [0.29, 0.717) is 19.6 Å². The fraction of sp³-hybridized carbons (Fsp3) is 0.429. The van der Waals surface area contributed by atoms with Crippen LogP contribution in [-0.2, 0) is 24.4 Å². The highest BCUT2D eigenvalue weighted by molar-refractivity contribution is 5.79. The topological polar surface area (TPSA) is 88.9 Å². The van der Waals surface area contributed by atoms with E-state index >= 15 is 0 Å².